The molecule has 20 heavy (non-hydrogen) atoms. The first-order chi connectivity index (χ1) is 9.52. The van der Waals surface area contributed by atoms with E-state index in [1.54, 1.807) is 18.2 Å². The molecule has 0 saturated heterocycles. The lowest BCUT2D eigenvalue weighted by Crippen LogP contribution is -2.37. The molecule has 1 aromatic carbocycles. The van der Waals surface area contributed by atoms with E-state index in [1.165, 1.54) is 4.68 Å². The van der Waals surface area contributed by atoms with Gasteiger partial charge in [0.15, 0.2) is 0 Å². The number of carbonyl (C=O) groups excluding carboxylic acids is 1. The number of nitrogens with zero attached hydrogens (tertiary/aromatic N) is 2. The van der Waals surface area contributed by atoms with Crippen LogP contribution in [0.2, 0.25) is 0 Å². The van der Waals surface area contributed by atoms with Gasteiger partial charge in [-0.15, -0.1) is 0 Å². The Bertz CT molecular complexity index is 775. The number of aromatic nitrogens is 2. The third-order valence-electron chi connectivity index (χ3n) is 2.64. The second kappa shape index (κ2) is 5.24. The molecule has 0 fully saturated rings. The zero-order valence-electron chi connectivity index (χ0n) is 10.6. The van der Waals surface area contributed by atoms with Gasteiger partial charge in [-0.05, 0) is 16.9 Å². The number of rotatable bonds is 3. The Kier molecular flexibility index (Phi) is 3.48. The number of hydrogen-bond acceptors (Lipinski definition) is 4. The Morgan fingerprint density at radius 2 is 2.10 bits per heavy atom. The summed E-state index contributed by atoms with van der Waals surface area (Å²) in [4.78, 5) is 22.7. The zero-order valence-corrected chi connectivity index (χ0v) is 10.6. The Hall–Kier alpha value is -3.14. The van der Waals surface area contributed by atoms with Gasteiger partial charge in [0, 0.05) is 18.2 Å². The maximum absolute atomic E-state index is 11.6. The first-order valence-electron chi connectivity index (χ1n) is 5.65. The summed E-state index contributed by atoms with van der Waals surface area (Å²) in [5.74, 6) is -0.913. The number of nitriles is 1. The maximum Gasteiger partial charge on any atom is 0.435 e. The quantitative estimate of drug-likeness (QED) is 0.462. The molecule has 1 heterocycles. The van der Waals surface area contributed by atoms with Gasteiger partial charge in [-0.2, -0.15) is 5.26 Å². The summed E-state index contributed by atoms with van der Waals surface area (Å²) in [7, 11) is 0. The van der Waals surface area contributed by atoms with Gasteiger partial charge in [-0.3, -0.25) is 9.32 Å². The lowest BCUT2D eigenvalue weighted by Gasteiger charge is -1.93. The van der Waals surface area contributed by atoms with Crippen LogP contribution in [-0.2, 0) is 4.79 Å². The third-order valence-corrected chi connectivity index (χ3v) is 2.64. The fourth-order valence-corrected chi connectivity index (χ4v) is 1.58. The average Bonchev–Trinajstić information content (AvgIpc) is 2.78. The Morgan fingerprint density at radius 1 is 1.45 bits per heavy atom. The normalized spacial score (nSPS) is 11.1. The molecule has 3 N–H and O–H groups in total. The standard InChI is InChI=1S/C13H10N4O3/c1-8-2-4-10(5-3-8)17-11(13(19)20-16-17)6-9(7-14)12(15)18/h2-6H,1H3,(H2-,15,16,18,19)/p+1. The highest BCUT2D eigenvalue weighted by molar-refractivity contribution is 6.00. The molecule has 0 aliphatic rings. The van der Waals surface area contributed by atoms with Gasteiger partial charge in [-0.25, -0.2) is 4.79 Å². The fraction of sp³-hybridized carbons (Fsp3) is 0.0769. The Morgan fingerprint density at radius 3 is 2.65 bits per heavy atom. The second-order valence-corrected chi connectivity index (χ2v) is 4.07. The van der Waals surface area contributed by atoms with E-state index in [1.807, 2.05) is 19.1 Å². The van der Waals surface area contributed by atoms with Crippen LogP contribution < -0.4 is 16.0 Å². The molecule has 7 heteroatoms. The van der Waals surface area contributed by atoms with E-state index in [0.717, 1.165) is 11.6 Å². The average molecular weight is 271 g/mol. The van der Waals surface area contributed by atoms with Crippen LogP contribution in [0.1, 0.15) is 11.3 Å². The molecule has 0 atom stereocenters. The predicted octanol–water partition coefficient (Wildman–Crippen LogP) is -0.0547. The van der Waals surface area contributed by atoms with E-state index in [-0.39, 0.29) is 11.3 Å². The summed E-state index contributed by atoms with van der Waals surface area (Å²) in [6.07, 6.45) is 1.09. The smallest absolute Gasteiger partial charge is 0.365 e. The number of carbonyl (C=O) groups is 1. The monoisotopic (exact) mass is 271 g/mol. The van der Waals surface area contributed by atoms with Crippen molar-refractivity contribution in [3.05, 3.63) is 51.5 Å². The molecule has 0 bridgehead atoms. The van der Waals surface area contributed by atoms with Crippen LogP contribution in [-0.4, -0.2) is 11.2 Å². The summed E-state index contributed by atoms with van der Waals surface area (Å²) in [5, 5.41) is 11.2. The minimum Gasteiger partial charge on any atom is -0.365 e. The van der Waals surface area contributed by atoms with Crippen molar-refractivity contribution in [1.29, 1.82) is 5.26 Å². The number of nitrogens with two attached hydrogens (primary N) is 1. The number of amides is 1. The first kappa shape index (κ1) is 13.3. The topological polar surface area (TPSA) is 117 Å². The van der Waals surface area contributed by atoms with Crippen LogP contribution in [0, 0.1) is 18.3 Å². The van der Waals surface area contributed by atoms with Crippen LogP contribution in [0.4, 0.5) is 0 Å². The maximum atomic E-state index is 11.6. The van der Waals surface area contributed by atoms with Crippen molar-refractivity contribution in [2.75, 3.05) is 0 Å². The highest BCUT2D eigenvalue weighted by atomic mass is 16.5. The number of hydrogen-bond donors (Lipinski definition) is 2. The summed E-state index contributed by atoms with van der Waals surface area (Å²) in [5.41, 5.74) is 5.67. The van der Waals surface area contributed by atoms with Gasteiger partial charge in [0.2, 0.25) is 5.69 Å². The molecule has 0 radical (unpaired) electrons. The van der Waals surface area contributed by atoms with Crippen molar-refractivity contribution in [3.8, 4) is 11.8 Å². The Labute approximate surface area is 113 Å². The number of H-pyrrole nitrogens is 1. The fourth-order valence-electron chi connectivity index (χ4n) is 1.58. The van der Waals surface area contributed by atoms with Crippen molar-refractivity contribution >= 4 is 12.0 Å². The number of primary amides is 1. The van der Waals surface area contributed by atoms with Crippen molar-refractivity contribution in [3.63, 3.8) is 0 Å². The summed E-state index contributed by atoms with van der Waals surface area (Å²) in [6, 6.07) is 8.85. The molecule has 2 rings (SSSR count). The van der Waals surface area contributed by atoms with Crippen molar-refractivity contribution < 1.29 is 14.0 Å². The molecule has 0 unspecified atom stereocenters. The molecule has 100 valence electrons. The van der Waals surface area contributed by atoms with Crippen molar-refractivity contribution in [2.45, 2.75) is 6.92 Å². The van der Waals surface area contributed by atoms with E-state index in [0.29, 0.717) is 5.69 Å². The highest BCUT2D eigenvalue weighted by Crippen LogP contribution is 2.04. The third kappa shape index (κ3) is 2.49. The molecule has 0 aliphatic heterocycles. The van der Waals surface area contributed by atoms with Crippen molar-refractivity contribution in [1.82, 2.24) is 5.27 Å². The number of aryl methyl sites for hydroxylation is 1. The molecule has 1 aromatic heterocycles. The molecule has 7 nitrogen and oxygen atoms in total. The van der Waals surface area contributed by atoms with Gasteiger partial charge < -0.3 is 5.73 Å². The predicted molar refractivity (Wildman–Crippen MR) is 68.4 cm³/mol. The molecule has 0 aliphatic carbocycles. The molecular formula is C13H11N4O3+. The zero-order chi connectivity index (χ0) is 14.7. The highest BCUT2D eigenvalue weighted by Gasteiger charge is 2.22. The summed E-state index contributed by atoms with van der Waals surface area (Å²) in [6.45, 7) is 1.92. The van der Waals surface area contributed by atoms with Gasteiger partial charge >= 0.3 is 11.3 Å². The molecule has 2 aromatic rings. The summed E-state index contributed by atoms with van der Waals surface area (Å²) < 4.78 is 6.00. The van der Waals surface area contributed by atoms with Gasteiger partial charge in [0.1, 0.15) is 11.6 Å². The minimum absolute atomic E-state index is 0.00389. The van der Waals surface area contributed by atoms with Gasteiger partial charge in [0.05, 0.1) is 0 Å². The molecule has 0 spiro atoms. The number of nitrogens with one attached hydrogen (secondary N) is 1. The molecular weight excluding hydrogens is 260 g/mol. The number of aromatic amines is 1. The van der Waals surface area contributed by atoms with E-state index < -0.39 is 11.5 Å². The van der Waals surface area contributed by atoms with Crippen LogP contribution in [0.3, 0.4) is 0 Å². The van der Waals surface area contributed by atoms with Crippen LogP contribution in [0.5, 0.6) is 0 Å². The minimum atomic E-state index is -0.913. The second-order valence-electron chi connectivity index (χ2n) is 4.07. The lowest BCUT2D eigenvalue weighted by molar-refractivity contribution is -0.672. The van der Waals surface area contributed by atoms with Crippen LogP contribution in [0.25, 0.3) is 11.8 Å². The molecule has 1 amide bonds. The van der Waals surface area contributed by atoms with Gasteiger partial charge in [-0.1, -0.05) is 17.7 Å². The SMILES string of the molecule is Cc1ccc(-[n+]2[nH]oc(=O)c2C=C(C#N)C(N)=O)cc1. The van der Waals surface area contributed by atoms with Crippen molar-refractivity contribution in [2.24, 2.45) is 5.73 Å². The Balaban J connectivity index is 2.59. The number of benzene rings is 1. The van der Waals surface area contributed by atoms with E-state index in [9.17, 15) is 9.59 Å². The lowest BCUT2D eigenvalue weighted by atomic mass is 10.2. The van der Waals surface area contributed by atoms with E-state index >= 15 is 0 Å². The van der Waals surface area contributed by atoms with E-state index in [4.69, 9.17) is 11.0 Å². The van der Waals surface area contributed by atoms with Crippen LogP contribution in [0.15, 0.2) is 39.2 Å². The van der Waals surface area contributed by atoms with Gasteiger partial charge in [0.25, 0.3) is 5.91 Å². The first-order valence-corrected chi connectivity index (χ1v) is 5.65. The van der Waals surface area contributed by atoms with E-state index in [2.05, 4.69) is 9.79 Å². The van der Waals surface area contributed by atoms with Crippen LogP contribution >= 0.6 is 0 Å². The largest absolute Gasteiger partial charge is 0.435 e. The molecule has 0 saturated carbocycles. The summed E-state index contributed by atoms with van der Waals surface area (Å²) >= 11 is 0.